The Bertz CT molecular complexity index is 1110. The minimum absolute atomic E-state index is 0.252. The number of carbonyl (C=O) groups is 1. The number of hydrogen-bond donors (Lipinski definition) is 1. The molecule has 1 heterocycles. The first kappa shape index (κ1) is 25.1. The fourth-order valence-corrected chi connectivity index (χ4v) is 5.82. The first-order chi connectivity index (χ1) is 15.5. The van der Waals surface area contributed by atoms with E-state index < -0.39 is 16.1 Å². The van der Waals surface area contributed by atoms with Gasteiger partial charge in [0.15, 0.2) is 0 Å². The number of carbonyl (C=O) groups excluding carboxylic acids is 1. The molecule has 0 aromatic heterocycles. The zero-order chi connectivity index (χ0) is 24.4. The molecule has 1 amide bonds. The fraction of sp³-hybridized carbons (Fsp3) is 0.500. The molecule has 0 radical (unpaired) electrons. The monoisotopic (exact) mass is 472 g/mol. The molecule has 2 aromatic carbocycles. The number of nitrogens with zero attached hydrogens (tertiary/aromatic N) is 1. The third kappa shape index (κ3) is 5.18. The molecule has 6 nitrogen and oxygen atoms in total. The molecule has 0 saturated carbocycles. The topological polar surface area (TPSA) is 75.7 Å². The molecule has 0 fully saturated rings. The molecule has 7 heteroatoms. The summed E-state index contributed by atoms with van der Waals surface area (Å²) in [5, 5.41) is 3.17. The highest BCUT2D eigenvalue weighted by Gasteiger charge is 2.40. The maximum absolute atomic E-state index is 13.6. The van der Waals surface area contributed by atoms with E-state index in [0.29, 0.717) is 18.5 Å². The highest BCUT2D eigenvalue weighted by molar-refractivity contribution is 7.92. The predicted molar refractivity (Wildman–Crippen MR) is 133 cm³/mol. The number of amides is 1. The van der Waals surface area contributed by atoms with Crippen molar-refractivity contribution < 1.29 is 17.9 Å². The van der Waals surface area contributed by atoms with Crippen LogP contribution < -0.4 is 14.4 Å². The Morgan fingerprint density at radius 2 is 1.79 bits per heavy atom. The van der Waals surface area contributed by atoms with Crippen molar-refractivity contribution in [1.29, 1.82) is 0 Å². The number of benzene rings is 2. The van der Waals surface area contributed by atoms with Gasteiger partial charge in [0, 0.05) is 12.0 Å². The van der Waals surface area contributed by atoms with Crippen molar-refractivity contribution in [1.82, 2.24) is 5.32 Å². The number of fused-ring (bicyclic) bond motifs is 1. The molecule has 0 unspecified atom stereocenters. The predicted octanol–water partition coefficient (Wildman–Crippen LogP) is 5.05. The summed E-state index contributed by atoms with van der Waals surface area (Å²) in [6.45, 7) is 9.94. The number of aryl methyl sites for hydroxylation is 2. The maximum atomic E-state index is 13.6. The summed E-state index contributed by atoms with van der Waals surface area (Å²) in [5.41, 5.74) is 3.12. The first-order valence-corrected chi connectivity index (χ1v) is 13.5. The smallest absolute Gasteiger partial charge is 0.244 e. The Balaban J connectivity index is 1.97. The molecule has 1 aliphatic rings. The zero-order valence-corrected chi connectivity index (χ0v) is 21.3. The molecule has 2 aromatic rings. The van der Waals surface area contributed by atoms with Gasteiger partial charge in [-0.2, -0.15) is 0 Å². The quantitative estimate of drug-likeness (QED) is 0.584. The zero-order valence-electron chi connectivity index (χ0n) is 20.5. The fourth-order valence-electron chi connectivity index (χ4n) is 4.62. The lowest BCUT2D eigenvalue weighted by atomic mass is 9.83. The Kier molecular flexibility index (Phi) is 7.42. The Morgan fingerprint density at radius 1 is 1.12 bits per heavy atom. The van der Waals surface area contributed by atoms with E-state index in [-0.39, 0.29) is 17.6 Å². The van der Waals surface area contributed by atoms with Crippen LogP contribution >= 0.6 is 0 Å². The van der Waals surface area contributed by atoms with Crippen LogP contribution in [0.1, 0.15) is 69.2 Å². The van der Waals surface area contributed by atoms with E-state index in [1.807, 2.05) is 57.2 Å². The number of sulfonamides is 1. The minimum Gasteiger partial charge on any atom is -0.487 e. The van der Waals surface area contributed by atoms with Crippen molar-refractivity contribution in [2.24, 2.45) is 0 Å². The molecular weight excluding hydrogens is 436 g/mol. The summed E-state index contributed by atoms with van der Waals surface area (Å²) in [6.07, 6.45) is 3.78. The molecule has 1 N–H and O–H groups in total. The number of hydrogen-bond acceptors (Lipinski definition) is 4. The molecule has 33 heavy (non-hydrogen) atoms. The van der Waals surface area contributed by atoms with Crippen molar-refractivity contribution in [3.05, 3.63) is 59.2 Å². The summed E-state index contributed by atoms with van der Waals surface area (Å²) in [7, 11) is -3.69. The second-order valence-electron chi connectivity index (χ2n) is 9.05. The summed E-state index contributed by atoms with van der Waals surface area (Å²) in [6, 6.07) is 12.1. The molecule has 0 bridgehead atoms. The Morgan fingerprint density at radius 3 is 2.36 bits per heavy atom. The lowest BCUT2D eigenvalue weighted by molar-refractivity contribution is -0.123. The molecule has 2 atom stereocenters. The standard InChI is InChI=1S/C26H36N2O4S/c1-7-23(28(33(6,30)31)20-15-14-18(4)19(5)16-20)25(29)27-22-17-26(8-2,9-3)32-24-13-11-10-12-21(22)24/h10-16,22-23H,7-9,17H2,1-6H3,(H,27,29)/t22-,23-/m0/s1. The van der Waals surface area contributed by atoms with Crippen molar-refractivity contribution in [3.8, 4) is 5.75 Å². The number of rotatable bonds is 8. The summed E-state index contributed by atoms with van der Waals surface area (Å²) in [4.78, 5) is 13.6. The van der Waals surface area contributed by atoms with E-state index in [0.717, 1.165) is 41.5 Å². The minimum atomic E-state index is -3.69. The summed E-state index contributed by atoms with van der Waals surface area (Å²) < 4.78 is 33.3. The highest BCUT2D eigenvalue weighted by atomic mass is 32.2. The highest BCUT2D eigenvalue weighted by Crippen LogP contribution is 2.42. The first-order valence-electron chi connectivity index (χ1n) is 11.7. The van der Waals surface area contributed by atoms with Crippen LogP contribution in [-0.4, -0.2) is 32.2 Å². The second kappa shape index (κ2) is 9.75. The van der Waals surface area contributed by atoms with Crippen molar-refractivity contribution in [2.75, 3.05) is 10.6 Å². The molecule has 0 spiro atoms. The normalized spacial score (nSPS) is 18.1. The van der Waals surface area contributed by atoms with Gasteiger partial charge >= 0.3 is 0 Å². The Labute approximate surface area is 198 Å². The summed E-state index contributed by atoms with van der Waals surface area (Å²) >= 11 is 0. The van der Waals surface area contributed by atoms with E-state index in [4.69, 9.17) is 4.74 Å². The lowest BCUT2D eigenvalue weighted by Crippen LogP contribution is -2.52. The van der Waals surface area contributed by atoms with Crippen LogP contribution in [0.4, 0.5) is 5.69 Å². The SMILES string of the molecule is CC[C@@H](C(=O)N[C@H]1CC(CC)(CC)Oc2ccccc21)N(c1ccc(C)c(C)c1)S(C)(=O)=O. The van der Waals surface area contributed by atoms with E-state index in [2.05, 4.69) is 19.2 Å². The molecule has 0 saturated heterocycles. The van der Waals surface area contributed by atoms with Gasteiger partial charge in [0.1, 0.15) is 17.4 Å². The van der Waals surface area contributed by atoms with Crippen LogP contribution in [0, 0.1) is 13.8 Å². The maximum Gasteiger partial charge on any atom is 0.244 e. The van der Waals surface area contributed by atoms with E-state index in [9.17, 15) is 13.2 Å². The third-order valence-electron chi connectivity index (χ3n) is 6.88. The van der Waals surface area contributed by atoms with Gasteiger partial charge in [0.25, 0.3) is 0 Å². The van der Waals surface area contributed by atoms with Gasteiger partial charge in [-0.25, -0.2) is 8.42 Å². The third-order valence-corrected chi connectivity index (χ3v) is 8.06. The number of para-hydroxylation sites is 1. The van der Waals surface area contributed by atoms with Crippen LogP contribution in [0.2, 0.25) is 0 Å². The molecular formula is C26H36N2O4S. The van der Waals surface area contributed by atoms with Crippen LogP contribution in [0.15, 0.2) is 42.5 Å². The average molecular weight is 473 g/mol. The van der Waals surface area contributed by atoms with Crippen LogP contribution in [-0.2, 0) is 14.8 Å². The van der Waals surface area contributed by atoms with E-state index >= 15 is 0 Å². The Hall–Kier alpha value is -2.54. The lowest BCUT2D eigenvalue weighted by Gasteiger charge is -2.42. The van der Waals surface area contributed by atoms with Crippen molar-refractivity contribution in [2.45, 2.75) is 78.0 Å². The van der Waals surface area contributed by atoms with Crippen LogP contribution in [0.25, 0.3) is 0 Å². The largest absolute Gasteiger partial charge is 0.487 e. The van der Waals surface area contributed by atoms with Gasteiger partial charge in [-0.05, 0) is 62.4 Å². The number of ether oxygens (including phenoxy) is 1. The van der Waals surface area contributed by atoms with Gasteiger partial charge in [-0.3, -0.25) is 9.10 Å². The molecule has 180 valence electrons. The number of nitrogens with one attached hydrogen (secondary N) is 1. The second-order valence-corrected chi connectivity index (χ2v) is 10.9. The molecule has 3 rings (SSSR count). The van der Waals surface area contributed by atoms with E-state index in [1.165, 1.54) is 4.31 Å². The van der Waals surface area contributed by atoms with Gasteiger partial charge in [0.05, 0.1) is 18.0 Å². The van der Waals surface area contributed by atoms with Gasteiger partial charge in [-0.1, -0.05) is 45.0 Å². The van der Waals surface area contributed by atoms with Gasteiger partial charge < -0.3 is 10.1 Å². The van der Waals surface area contributed by atoms with Crippen LogP contribution in [0.3, 0.4) is 0 Å². The van der Waals surface area contributed by atoms with E-state index in [1.54, 1.807) is 6.07 Å². The van der Waals surface area contributed by atoms with Gasteiger partial charge in [-0.15, -0.1) is 0 Å². The van der Waals surface area contributed by atoms with Crippen LogP contribution in [0.5, 0.6) is 5.75 Å². The molecule has 0 aliphatic carbocycles. The summed E-state index contributed by atoms with van der Waals surface area (Å²) in [5.74, 6) is 0.476. The molecule has 1 aliphatic heterocycles. The van der Waals surface area contributed by atoms with Gasteiger partial charge in [0.2, 0.25) is 15.9 Å². The number of anilines is 1. The average Bonchev–Trinajstić information content (AvgIpc) is 2.78. The van der Waals surface area contributed by atoms with Crippen molar-refractivity contribution in [3.63, 3.8) is 0 Å². The van der Waals surface area contributed by atoms with Crippen molar-refractivity contribution >= 4 is 21.6 Å².